The van der Waals surface area contributed by atoms with Crippen molar-refractivity contribution >= 4 is 34.4 Å². The summed E-state index contributed by atoms with van der Waals surface area (Å²) in [4.78, 5) is 52.2. The number of nitrogens with zero attached hydrogens (tertiary/aromatic N) is 2. The molecule has 1 aliphatic heterocycles. The molecule has 17 heteroatoms. The molecule has 11 nitrogen and oxygen atoms in total. The minimum Gasteiger partial charge on any atom is -0.475 e. The van der Waals surface area contributed by atoms with Gasteiger partial charge in [0.25, 0.3) is 5.91 Å². The van der Waals surface area contributed by atoms with Crippen LogP contribution in [0.1, 0.15) is 50.9 Å². The maximum absolute atomic E-state index is 13.0. The van der Waals surface area contributed by atoms with Gasteiger partial charge >= 0.3 is 24.3 Å². The molecule has 1 aliphatic rings. The largest absolute Gasteiger partial charge is 0.490 e. The Morgan fingerprint density at radius 2 is 1.58 bits per heavy atom. The summed E-state index contributed by atoms with van der Waals surface area (Å²) in [6.07, 6.45) is -4.76. The first kappa shape index (κ1) is 39.7. The van der Waals surface area contributed by atoms with Gasteiger partial charge in [-0.15, -0.1) is 0 Å². The Morgan fingerprint density at radius 3 is 2.15 bits per heavy atom. The minimum atomic E-state index is -5.08. The van der Waals surface area contributed by atoms with Crippen molar-refractivity contribution in [1.82, 2.24) is 20.2 Å². The number of benzene rings is 2. The fourth-order valence-electron chi connectivity index (χ4n) is 4.39. The summed E-state index contributed by atoms with van der Waals surface area (Å²) in [6, 6.07) is 14.4. The van der Waals surface area contributed by atoms with E-state index in [2.05, 4.69) is 50.5 Å². The molecule has 264 valence electrons. The number of rotatable bonds is 10. The van der Waals surface area contributed by atoms with E-state index in [4.69, 9.17) is 24.5 Å². The van der Waals surface area contributed by atoms with Crippen molar-refractivity contribution in [3.63, 3.8) is 0 Å². The summed E-state index contributed by atoms with van der Waals surface area (Å²) < 4.78 is 69.2. The van der Waals surface area contributed by atoms with Crippen molar-refractivity contribution in [2.45, 2.75) is 63.5 Å². The molecule has 0 bridgehead atoms. The lowest BCUT2D eigenvalue weighted by Gasteiger charge is -2.30. The van der Waals surface area contributed by atoms with E-state index in [0.29, 0.717) is 19.6 Å². The molecule has 1 unspecified atom stereocenters. The lowest BCUT2D eigenvalue weighted by Crippen LogP contribution is -2.49. The van der Waals surface area contributed by atoms with E-state index in [1.165, 1.54) is 10.8 Å². The van der Waals surface area contributed by atoms with E-state index in [9.17, 15) is 35.9 Å². The van der Waals surface area contributed by atoms with E-state index in [0.717, 1.165) is 49.3 Å². The van der Waals surface area contributed by atoms with Gasteiger partial charge < -0.3 is 34.9 Å². The van der Waals surface area contributed by atoms with Crippen LogP contribution in [-0.2, 0) is 23.9 Å². The number of fused-ring (bicyclic) bond motifs is 1. The Morgan fingerprint density at radius 1 is 0.979 bits per heavy atom. The monoisotopic (exact) mass is 690 g/mol. The van der Waals surface area contributed by atoms with Gasteiger partial charge in [0.05, 0.1) is 24.5 Å². The Labute approximate surface area is 271 Å². The number of hydrogen-bond donors (Lipinski definition) is 4. The molecular formula is C31H36F6N4O7. The standard InChI is InChI=1S/C27H34N4O3.2C2HF3O2/c1-19(32)8-4-3-5-11-23(30-27(33)25-18-31(2)14-15-34-25)26-28-17-24(29-26)22-13-12-20-9-6-7-10-21(20)16-22;2*3-2(4,5)1(6)7/h6-7,9-10,12-13,16-17,23,25H,3-5,8,11,14-15,18H2,1-2H3,(H,28,29)(H,30,33);2*(H,6,7)/t23-,25?;;/m0../s1. The molecule has 0 saturated carbocycles. The number of unbranched alkanes of at least 4 members (excludes halogenated alkanes) is 2. The van der Waals surface area contributed by atoms with Gasteiger partial charge in [-0.05, 0) is 43.7 Å². The number of aromatic amines is 1. The molecular weight excluding hydrogens is 654 g/mol. The van der Waals surface area contributed by atoms with Crippen LogP contribution in [-0.4, -0.2) is 93.9 Å². The number of carbonyl (C=O) groups is 4. The predicted octanol–water partition coefficient (Wildman–Crippen LogP) is 5.52. The number of hydrogen-bond acceptors (Lipinski definition) is 7. The molecule has 1 saturated heterocycles. The number of halogens is 6. The zero-order valence-corrected chi connectivity index (χ0v) is 26.0. The molecule has 4 N–H and O–H groups in total. The Bertz CT molecular complexity index is 1500. The number of imidazole rings is 1. The molecule has 0 aliphatic carbocycles. The molecule has 0 spiro atoms. The molecule has 1 aromatic heterocycles. The van der Waals surface area contributed by atoms with Crippen LogP contribution in [0.25, 0.3) is 22.0 Å². The number of ether oxygens (including phenoxy) is 1. The number of morpholine rings is 1. The van der Waals surface area contributed by atoms with Crippen LogP contribution >= 0.6 is 0 Å². The Kier molecular flexibility index (Phi) is 15.0. The van der Waals surface area contributed by atoms with E-state index >= 15 is 0 Å². The van der Waals surface area contributed by atoms with Crippen molar-refractivity contribution < 1.29 is 60.5 Å². The van der Waals surface area contributed by atoms with Gasteiger partial charge in [-0.1, -0.05) is 49.2 Å². The second-order valence-corrected chi connectivity index (χ2v) is 10.8. The van der Waals surface area contributed by atoms with Gasteiger partial charge in [0, 0.05) is 25.1 Å². The fraction of sp³-hybridized carbons (Fsp3) is 0.452. The zero-order chi connectivity index (χ0) is 36.1. The Balaban J connectivity index is 0.000000479. The number of likely N-dealkylation sites (N-methyl/N-ethyl adjacent to an activating group) is 1. The molecule has 2 aromatic carbocycles. The highest BCUT2D eigenvalue weighted by atomic mass is 19.4. The number of carboxylic acid groups (broad SMARTS) is 2. The zero-order valence-electron chi connectivity index (χ0n) is 26.0. The third-order valence-corrected chi connectivity index (χ3v) is 6.87. The molecule has 3 aromatic rings. The SMILES string of the molecule is CC(=O)CCCCC[C@H](NC(=O)C1CN(C)CCO1)c1ncc(-c2ccc3ccccc3c2)[nH]1.O=C(O)C(F)(F)F.O=C(O)C(F)(F)F. The second-order valence-electron chi connectivity index (χ2n) is 10.8. The average molecular weight is 691 g/mol. The van der Waals surface area contributed by atoms with Crippen molar-refractivity contribution in [1.29, 1.82) is 0 Å². The van der Waals surface area contributed by atoms with Gasteiger partial charge in [-0.2, -0.15) is 26.3 Å². The van der Waals surface area contributed by atoms with Crippen molar-refractivity contribution in [2.24, 2.45) is 0 Å². The van der Waals surface area contributed by atoms with Crippen LogP contribution in [0.15, 0.2) is 48.7 Å². The maximum atomic E-state index is 13.0. The van der Waals surface area contributed by atoms with Crippen LogP contribution in [0.2, 0.25) is 0 Å². The summed E-state index contributed by atoms with van der Waals surface area (Å²) in [5, 5.41) is 19.8. The third-order valence-electron chi connectivity index (χ3n) is 6.87. The smallest absolute Gasteiger partial charge is 0.475 e. The molecule has 1 fully saturated rings. The van der Waals surface area contributed by atoms with Crippen LogP contribution in [0.5, 0.6) is 0 Å². The Hall–Kier alpha value is -4.51. The van der Waals surface area contributed by atoms with E-state index in [-0.39, 0.29) is 17.7 Å². The highest BCUT2D eigenvalue weighted by Gasteiger charge is 2.39. The summed E-state index contributed by atoms with van der Waals surface area (Å²) in [7, 11) is 2.00. The third kappa shape index (κ3) is 13.7. The van der Waals surface area contributed by atoms with Gasteiger partial charge in [0.15, 0.2) is 0 Å². The van der Waals surface area contributed by atoms with Gasteiger partial charge in [-0.25, -0.2) is 14.6 Å². The van der Waals surface area contributed by atoms with Crippen LogP contribution in [0, 0.1) is 0 Å². The van der Waals surface area contributed by atoms with Crippen molar-refractivity contribution in [2.75, 3.05) is 26.7 Å². The number of nitrogens with one attached hydrogen (secondary N) is 2. The summed E-state index contributed by atoms with van der Waals surface area (Å²) in [5.74, 6) is -4.66. The van der Waals surface area contributed by atoms with Gasteiger partial charge in [0.1, 0.15) is 17.7 Å². The normalized spacial score (nSPS) is 15.7. The molecule has 4 rings (SSSR count). The van der Waals surface area contributed by atoms with E-state index in [1.54, 1.807) is 6.92 Å². The molecule has 0 radical (unpaired) electrons. The molecule has 2 atom stereocenters. The second kappa shape index (κ2) is 18.1. The number of ketones is 1. The van der Waals surface area contributed by atoms with Crippen molar-refractivity contribution in [3.8, 4) is 11.3 Å². The number of Topliss-reactive ketones (excluding diaryl/α,β-unsaturated/α-hetero) is 1. The summed E-state index contributed by atoms with van der Waals surface area (Å²) in [6.45, 7) is 3.59. The van der Waals surface area contributed by atoms with E-state index < -0.39 is 30.4 Å². The number of H-pyrrole nitrogens is 1. The highest BCUT2D eigenvalue weighted by molar-refractivity contribution is 5.86. The van der Waals surface area contributed by atoms with Crippen LogP contribution < -0.4 is 5.32 Å². The topological polar surface area (TPSA) is 162 Å². The first-order valence-electron chi connectivity index (χ1n) is 14.6. The number of carbonyl (C=O) groups excluding carboxylic acids is 2. The maximum Gasteiger partial charge on any atom is 0.490 e. The molecule has 48 heavy (non-hydrogen) atoms. The number of carboxylic acids is 2. The molecule has 1 amide bonds. The minimum absolute atomic E-state index is 0.107. The summed E-state index contributed by atoms with van der Waals surface area (Å²) in [5.41, 5.74) is 1.98. The quantitative estimate of drug-likeness (QED) is 0.159. The highest BCUT2D eigenvalue weighted by Crippen LogP contribution is 2.26. The number of aliphatic carboxylic acids is 2. The van der Waals surface area contributed by atoms with Crippen LogP contribution in [0.3, 0.4) is 0 Å². The van der Waals surface area contributed by atoms with E-state index in [1.807, 2.05) is 25.4 Å². The van der Waals surface area contributed by atoms with Gasteiger partial charge in [-0.3, -0.25) is 4.79 Å². The first-order chi connectivity index (χ1) is 22.4. The average Bonchev–Trinajstić information content (AvgIpc) is 3.50. The lowest BCUT2D eigenvalue weighted by molar-refractivity contribution is -0.193. The molecule has 2 heterocycles. The summed E-state index contributed by atoms with van der Waals surface area (Å²) >= 11 is 0. The van der Waals surface area contributed by atoms with Gasteiger partial charge in [0.2, 0.25) is 0 Å². The number of alkyl halides is 6. The predicted molar refractivity (Wildman–Crippen MR) is 161 cm³/mol. The number of aromatic nitrogens is 2. The fourth-order valence-corrected chi connectivity index (χ4v) is 4.39. The van der Waals surface area contributed by atoms with Crippen LogP contribution in [0.4, 0.5) is 26.3 Å². The number of amides is 1. The van der Waals surface area contributed by atoms with Crippen molar-refractivity contribution in [3.05, 3.63) is 54.5 Å². The first-order valence-corrected chi connectivity index (χ1v) is 14.6. The lowest BCUT2D eigenvalue weighted by atomic mass is 10.0.